The molecule has 0 saturated carbocycles. The number of hydrogen-bond donors (Lipinski definition) is 1. The number of methoxy groups -OCH3 is 4. The zero-order chi connectivity index (χ0) is 21.1. The lowest BCUT2D eigenvalue weighted by molar-refractivity contribution is 0.0596. The molecule has 154 valence electrons. The van der Waals surface area contributed by atoms with Gasteiger partial charge in [0.25, 0.3) is 0 Å². The van der Waals surface area contributed by atoms with E-state index >= 15 is 0 Å². The molecule has 29 heavy (non-hydrogen) atoms. The zero-order valence-electron chi connectivity index (χ0n) is 17.4. The van der Waals surface area contributed by atoms with Gasteiger partial charge < -0.3 is 28.7 Å². The molecule has 1 N–H and O–H groups in total. The quantitative estimate of drug-likeness (QED) is 0.592. The molecule has 0 atom stereocenters. The number of benzene rings is 2. The van der Waals surface area contributed by atoms with Gasteiger partial charge in [0.2, 0.25) is 0 Å². The molecule has 0 bridgehead atoms. The van der Waals surface area contributed by atoms with Crippen LogP contribution in [0.5, 0.6) is 23.0 Å². The second-order valence-electron chi connectivity index (χ2n) is 6.65. The number of fused-ring (bicyclic) bond motifs is 1. The number of hydrogen-bond acceptors (Lipinski definition) is 6. The van der Waals surface area contributed by atoms with Crippen LogP contribution < -0.4 is 18.9 Å². The molecule has 0 fully saturated rings. The van der Waals surface area contributed by atoms with E-state index in [2.05, 4.69) is 4.98 Å². The van der Waals surface area contributed by atoms with Crippen molar-refractivity contribution in [2.75, 3.05) is 28.4 Å². The second kappa shape index (κ2) is 8.34. The summed E-state index contributed by atoms with van der Waals surface area (Å²) in [5, 5.41) is 0.800. The first-order chi connectivity index (χ1) is 13.9. The Kier molecular flexibility index (Phi) is 5.87. The third-order valence-corrected chi connectivity index (χ3v) is 4.51. The summed E-state index contributed by atoms with van der Waals surface area (Å²) in [6.45, 7) is 3.88. The molecule has 0 radical (unpaired) electrons. The fourth-order valence-corrected chi connectivity index (χ4v) is 3.25. The molecule has 1 heterocycles. The normalized spacial score (nSPS) is 10.9. The maximum Gasteiger partial charge on any atom is 0.355 e. The van der Waals surface area contributed by atoms with Crippen LogP contribution in [0.15, 0.2) is 30.3 Å². The van der Waals surface area contributed by atoms with Crippen molar-refractivity contribution in [3.05, 3.63) is 36.0 Å². The predicted octanol–water partition coefficient (Wildman–Crippen LogP) is 4.43. The Labute approximate surface area is 169 Å². The molecular formula is C22H25NO6. The van der Waals surface area contributed by atoms with E-state index in [0.717, 1.165) is 16.5 Å². The molecule has 0 spiro atoms. The molecule has 1 aromatic heterocycles. The summed E-state index contributed by atoms with van der Waals surface area (Å²) in [5.41, 5.74) is 2.51. The lowest BCUT2D eigenvalue weighted by atomic mass is 10.0. The van der Waals surface area contributed by atoms with Gasteiger partial charge in [-0.3, -0.25) is 0 Å². The van der Waals surface area contributed by atoms with Gasteiger partial charge in [0, 0.05) is 17.0 Å². The maximum absolute atomic E-state index is 12.5. The van der Waals surface area contributed by atoms with Gasteiger partial charge in [0.1, 0.15) is 5.69 Å². The highest BCUT2D eigenvalue weighted by atomic mass is 16.5. The fraction of sp³-hybridized carbons (Fsp3) is 0.318. The van der Waals surface area contributed by atoms with E-state index in [1.807, 2.05) is 38.1 Å². The molecule has 0 saturated heterocycles. The summed E-state index contributed by atoms with van der Waals surface area (Å²) in [4.78, 5) is 15.7. The van der Waals surface area contributed by atoms with E-state index in [4.69, 9.17) is 23.7 Å². The van der Waals surface area contributed by atoms with E-state index < -0.39 is 5.97 Å². The topological polar surface area (TPSA) is 79.0 Å². The van der Waals surface area contributed by atoms with Gasteiger partial charge in [-0.05, 0) is 37.6 Å². The number of rotatable bonds is 7. The molecule has 3 aromatic rings. The Balaban J connectivity index is 2.32. The Morgan fingerprint density at radius 2 is 1.52 bits per heavy atom. The fourth-order valence-electron chi connectivity index (χ4n) is 3.25. The lowest BCUT2D eigenvalue weighted by Crippen LogP contribution is -2.06. The summed E-state index contributed by atoms with van der Waals surface area (Å²) in [5.74, 6) is 1.84. The number of ether oxygens (including phenoxy) is 5. The number of esters is 1. The first-order valence-electron chi connectivity index (χ1n) is 9.14. The molecule has 0 aliphatic carbocycles. The Morgan fingerprint density at radius 1 is 0.862 bits per heavy atom. The number of nitrogens with one attached hydrogen (secondary N) is 1. The van der Waals surface area contributed by atoms with Crippen LogP contribution in [0.1, 0.15) is 24.3 Å². The number of aromatic amines is 1. The van der Waals surface area contributed by atoms with Gasteiger partial charge >= 0.3 is 5.97 Å². The van der Waals surface area contributed by atoms with Crippen LogP contribution in [-0.4, -0.2) is 45.5 Å². The van der Waals surface area contributed by atoms with Crippen LogP contribution in [0.4, 0.5) is 0 Å². The van der Waals surface area contributed by atoms with Gasteiger partial charge in [0.05, 0.1) is 40.1 Å². The van der Waals surface area contributed by atoms with Crippen LogP contribution in [0, 0.1) is 0 Å². The summed E-state index contributed by atoms with van der Waals surface area (Å²) in [7, 11) is 6.07. The molecule has 7 heteroatoms. The van der Waals surface area contributed by atoms with Crippen LogP contribution in [0.3, 0.4) is 0 Å². The van der Waals surface area contributed by atoms with Crippen molar-refractivity contribution >= 4 is 16.9 Å². The van der Waals surface area contributed by atoms with Crippen molar-refractivity contribution in [1.29, 1.82) is 0 Å². The third-order valence-electron chi connectivity index (χ3n) is 4.51. The van der Waals surface area contributed by atoms with E-state index in [9.17, 15) is 4.79 Å². The first-order valence-corrected chi connectivity index (χ1v) is 9.14. The molecular weight excluding hydrogens is 374 g/mol. The number of carbonyl (C=O) groups is 1. The summed E-state index contributed by atoms with van der Waals surface area (Å²) in [6.07, 6.45) is -0.0371. The molecule has 0 unspecified atom stereocenters. The van der Waals surface area contributed by atoms with E-state index in [1.54, 1.807) is 27.4 Å². The first kappa shape index (κ1) is 20.4. The van der Waals surface area contributed by atoms with Gasteiger partial charge in [0.15, 0.2) is 23.0 Å². The minimum atomic E-state index is -0.476. The molecule has 0 aliphatic heterocycles. The van der Waals surface area contributed by atoms with E-state index in [1.165, 1.54) is 7.11 Å². The van der Waals surface area contributed by atoms with Crippen LogP contribution >= 0.6 is 0 Å². The summed E-state index contributed by atoms with van der Waals surface area (Å²) >= 11 is 0. The third kappa shape index (κ3) is 3.81. The number of aromatic nitrogens is 1. The highest BCUT2D eigenvalue weighted by Gasteiger charge is 2.23. The van der Waals surface area contributed by atoms with E-state index in [-0.39, 0.29) is 6.10 Å². The lowest BCUT2D eigenvalue weighted by Gasteiger charge is -2.14. The van der Waals surface area contributed by atoms with Crippen molar-refractivity contribution in [3.63, 3.8) is 0 Å². The second-order valence-corrected chi connectivity index (χ2v) is 6.65. The smallest absolute Gasteiger partial charge is 0.355 e. The van der Waals surface area contributed by atoms with Crippen molar-refractivity contribution < 1.29 is 28.5 Å². The number of H-pyrrole nitrogens is 1. The molecule has 7 nitrogen and oxygen atoms in total. The highest BCUT2D eigenvalue weighted by Crippen LogP contribution is 2.41. The summed E-state index contributed by atoms with van der Waals surface area (Å²) < 4.78 is 27.1. The maximum atomic E-state index is 12.5. The van der Waals surface area contributed by atoms with Crippen molar-refractivity contribution in [3.8, 4) is 34.1 Å². The summed E-state index contributed by atoms with van der Waals surface area (Å²) in [6, 6.07) is 9.15. The minimum absolute atomic E-state index is 0.0371. The molecule has 3 rings (SSSR count). The van der Waals surface area contributed by atoms with Crippen molar-refractivity contribution in [1.82, 2.24) is 4.98 Å². The largest absolute Gasteiger partial charge is 0.493 e. The molecule has 2 aromatic carbocycles. The Bertz CT molecular complexity index is 1040. The minimum Gasteiger partial charge on any atom is -0.493 e. The van der Waals surface area contributed by atoms with Crippen LogP contribution in [-0.2, 0) is 4.74 Å². The van der Waals surface area contributed by atoms with Crippen molar-refractivity contribution in [2.24, 2.45) is 0 Å². The van der Waals surface area contributed by atoms with Gasteiger partial charge in [-0.1, -0.05) is 6.07 Å². The average molecular weight is 399 g/mol. The van der Waals surface area contributed by atoms with Gasteiger partial charge in [-0.2, -0.15) is 0 Å². The monoisotopic (exact) mass is 399 g/mol. The van der Waals surface area contributed by atoms with Crippen LogP contribution in [0.25, 0.3) is 22.0 Å². The molecule has 0 amide bonds. The zero-order valence-corrected chi connectivity index (χ0v) is 17.4. The molecule has 0 aliphatic rings. The van der Waals surface area contributed by atoms with E-state index in [0.29, 0.717) is 34.3 Å². The SMILES string of the molecule is COC(=O)c1[nH]c2cc(OC)c(OC(C)C)cc2c1-c1ccc(OC)c(OC)c1. The van der Waals surface area contributed by atoms with Gasteiger partial charge in [-0.15, -0.1) is 0 Å². The van der Waals surface area contributed by atoms with Gasteiger partial charge in [-0.25, -0.2) is 4.79 Å². The van der Waals surface area contributed by atoms with Crippen molar-refractivity contribution in [2.45, 2.75) is 20.0 Å². The average Bonchev–Trinajstić information content (AvgIpc) is 3.09. The number of carbonyl (C=O) groups excluding carboxylic acids is 1. The highest BCUT2D eigenvalue weighted by molar-refractivity contribution is 6.09. The Hall–Kier alpha value is -3.35. The van der Waals surface area contributed by atoms with Crippen LogP contribution in [0.2, 0.25) is 0 Å². The Morgan fingerprint density at radius 3 is 2.10 bits per heavy atom. The standard InChI is InChI=1S/C22H25NO6/c1-12(2)29-19-10-14-15(11-18(19)27-5)23-21(22(24)28-6)20(14)13-7-8-16(25-3)17(9-13)26-4/h7-12,23H,1-6H3. The predicted molar refractivity (Wildman–Crippen MR) is 110 cm³/mol.